The quantitative estimate of drug-likeness (QED) is 0.429. The summed E-state index contributed by atoms with van der Waals surface area (Å²) in [7, 11) is -1.38. The first kappa shape index (κ1) is 21.0. The van der Waals surface area contributed by atoms with E-state index in [1.54, 1.807) is 29.7 Å². The number of piperidine rings is 1. The number of benzene rings is 1. The molecule has 32 heavy (non-hydrogen) atoms. The Morgan fingerprint density at radius 2 is 1.94 bits per heavy atom. The summed E-state index contributed by atoms with van der Waals surface area (Å²) in [6.07, 6.45) is 5.02. The van der Waals surface area contributed by atoms with Gasteiger partial charge < -0.3 is 14.6 Å². The molecule has 4 aromatic rings. The summed E-state index contributed by atoms with van der Waals surface area (Å²) in [6.45, 7) is 2.07. The highest BCUT2D eigenvalue weighted by molar-refractivity contribution is 7.84. The predicted octanol–water partition coefficient (Wildman–Crippen LogP) is 4.43. The zero-order valence-electron chi connectivity index (χ0n) is 17.3. The van der Waals surface area contributed by atoms with Crippen LogP contribution in [0, 0.1) is 5.82 Å². The van der Waals surface area contributed by atoms with Crippen LogP contribution < -0.4 is 9.64 Å². The normalized spacial score (nSPS) is 15.2. The standard InChI is InChI=1S/C22H22FN5O2S2/c23-16-6-4-15(5-7-16)11-30-19-10-24-20(27-21(19)28-8-2-1-3-9-28)14-32(29)22-25-17-12-31-13-18(17)26-22/h4-7,10,12-13H,1-3,8-9,11,14H2,(H,25,26). The van der Waals surface area contributed by atoms with Gasteiger partial charge in [-0.15, -0.1) is 11.3 Å². The Morgan fingerprint density at radius 3 is 2.72 bits per heavy atom. The third-order valence-electron chi connectivity index (χ3n) is 5.33. The first-order valence-electron chi connectivity index (χ1n) is 10.4. The Morgan fingerprint density at radius 1 is 1.12 bits per heavy atom. The molecule has 3 aromatic heterocycles. The van der Waals surface area contributed by atoms with Gasteiger partial charge in [0.1, 0.15) is 23.8 Å². The molecule has 1 aromatic carbocycles. The number of rotatable bonds is 7. The van der Waals surface area contributed by atoms with Gasteiger partial charge in [-0.2, -0.15) is 0 Å². The van der Waals surface area contributed by atoms with Crippen LogP contribution in [0.25, 0.3) is 11.0 Å². The Hall–Kier alpha value is -2.85. The number of thiophene rings is 1. The van der Waals surface area contributed by atoms with Crippen LogP contribution in [-0.4, -0.2) is 37.2 Å². The smallest absolute Gasteiger partial charge is 0.197 e. The summed E-state index contributed by atoms with van der Waals surface area (Å²) in [4.78, 5) is 18.8. The molecule has 1 aliphatic rings. The molecule has 1 aliphatic heterocycles. The van der Waals surface area contributed by atoms with Gasteiger partial charge in [-0.1, -0.05) is 12.1 Å². The maximum Gasteiger partial charge on any atom is 0.197 e. The number of aromatic amines is 1. The predicted molar refractivity (Wildman–Crippen MR) is 123 cm³/mol. The lowest BCUT2D eigenvalue weighted by Crippen LogP contribution is -2.31. The van der Waals surface area contributed by atoms with Crippen LogP contribution in [0.1, 0.15) is 30.7 Å². The van der Waals surface area contributed by atoms with Crippen LogP contribution in [0.2, 0.25) is 0 Å². The summed E-state index contributed by atoms with van der Waals surface area (Å²) in [6, 6.07) is 6.22. The van der Waals surface area contributed by atoms with Crippen molar-refractivity contribution in [2.24, 2.45) is 0 Å². The van der Waals surface area contributed by atoms with E-state index in [-0.39, 0.29) is 11.6 Å². The monoisotopic (exact) mass is 471 g/mol. The number of imidazole rings is 1. The molecule has 4 heterocycles. The third-order valence-corrected chi connectivity index (χ3v) is 7.21. The molecule has 0 bridgehead atoms. The Labute approximate surface area is 191 Å². The molecule has 1 atom stereocenters. The summed E-state index contributed by atoms with van der Waals surface area (Å²) >= 11 is 1.55. The van der Waals surface area contributed by atoms with E-state index >= 15 is 0 Å². The molecule has 1 unspecified atom stereocenters. The van der Waals surface area contributed by atoms with Crippen molar-refractivity contribution >= 4 is 39.0 Å². The molecule has 1 N–H and O–H groups in total. The van der Waals surface area contributed by atoms with Crippen molar-refractivity contribution in [2.45, 2.75) is 36.8 Å². The fourth-order valence-corrected chi connectivity index (χ4v) is 5.29. The van der Waals surface area contributed by atoms with Gasteiger partial charge in [0.15, 0.2) is 16.7 Å². The fraction of sp³-hybridized carbons (Fsp3) is 0.318. The highest BCUT2D eigenvalue weighted by atomic mass is 32.2. The maximum atomic E-state index is 13.2. The van der Waals surface area contributed by atoms with E-state index in [0.717, 1.165) is 42.5 Å². The van der Waals surface area contributed by atoms with Crippen LogP contribution in [0.15, 0.2) is 46.4 Å². The van der Waals surface area contributed by atoms with Crippen molar-refractivity contribution in [1.29, 1.82) is 0 Å². The lowest BCUT2D eigenvalue weighted by Gasteiger charge is -2.29. The van der Waals surface area contributed by atoms with Gasteiger partial charge >= 0.3 is 0 Å². The number of fused-ring (bicyclic) bond motifs is 1. The molecule has 166 valence electrons. The molecule has 0 saturated carbocycles. The Bertz CT molecular complexity index is 1210. The lowest BCUT2D eigenvalue weighted by molar-refractivity contribution is 0.303. The van der Waals surface area contributed by atoms with Crippen molar-refractivity contribution in [3.8, 4) is 5.75 Å². The van der Waals surface area contributed by atoms with E-state index in [4.69, 9.17) is 9.72 Å². The second-order valence-electron chi connectivity index (χ2n) is 7.64. The lowest BCUT2D eigenvalue weighted by atomic mass is 10.1. The van der Waals surface area contributed by atoms with E-state index in [0.29, 0.717) is 29.2 Å². The second-order valence-corrected chi connectivity index (χ2v) is 9.75. The van der Waals surface area contributed by atoms with Gasteiger partial charge in [0.2, 0.25) is 0 Å². The number of hydrogen-bond acceptors (Lipinski definition) is 7. The average Bonchev–Trinajstić information content (AvgIpc) is 3.42. The summed E-state index contributed by atoms with van der Waals surface area (Å²) < 4.78 is 32.0. The first-order chi connectivity index (χ1) is 15.7. The number of ether oxygens (including phenoxy) is 1. The first-order valence-corrected chi connectivity index (χ1v) is 12.7. The Kier molecular flexibility index (Phi) is 6.13. The Balaban J connectivity index is 1.36. The molecule has 10 heteroatoms. The van der Waals surface area contributed by atoms with Gasteiger partial charge in [0.25, 0.3) is 0 Å². The number of anilines is 1. The molecule has 0 aliphatic carbocycles. The number of H-pyrrole nitrogens is 1. The van der Waals surface area contributed by atoms with Crippen LogP contribution in [0.4, 0.5) is 10.2 Å². The van der Waals surface area contributed by atoms with E-state index < -0.39 is 10.8 Å². The molecule has 5 rings (SSSR count). The summed E-state index contributed by atoms with van der Waals surface area (Å²) in [5, 5.41) is 4.30. The number of halogens is 1. The van der Waals surface area contributed by atoms with Gasteiger partial charge in [-0.05, 0) is 37.0 Å². The van der Waals surface area contributed by atoms with E-state index in [9.17, 15) is 8.60 Å². The van der Waals surface area contributed by atoms with Crippen molar-refractivity contribution in [1.82, 2.24) is 19.9 Å². The van der Waals surface area contributed by atoms with Gasteiger partial charge in [0, 0.05) is 23.8 Å². The van der Waals surface area contributed by atoms with Crippen LogP contribution in [0.3, 0.4) is 0 Å². The molecule has 0 spiro atoms. The van der Waals surface area contributed by atoms with Crippen molar-refractivity contribution in [3.63, 3.8) is 0 Å². The number of nitrogens with one attached hydrogen (secondary N) is 1. The average molecular weight is 472 g/mol. The minimum Gasteiger partial charge on any atom is -0.483 e. The highest BCUT2D eigenvalue weighted by Crippen LogP contribution is 2.29. The van der Waals surface area contributed by atoms with E-state index in [1.165, 1.54) is 18.6 Å². The van der Waals surface area contributed by atoms with Crippen molar-refractivity contribution < 1.29 is 13.3 Å². The van der Waals surface area contributed by atoms with Crippen molar-refractivity contribution in [3.05, 3.63) is 58.4 Å². The largest absolute Gasteiger partial charge is 0.483 e. The summed E-state index contributed by atoms with van der Waals surface area (Å²) in [5.74, 6) is 1.66. The van der Waals surface area contributed by atoms with Gasteiger partial charge in [0.05, 0.1) is 28.3 Å². The molecule has 7 nitrogen and oxygen atoms in total. The number of nitrogens with zero attached hydrogens (tertiary/aromatic N) is 4. The maximum absolute atomic E-state index is 13.2. The third kappa shape index (κ3) is 4.66. The zero-order chi connectivity index (χ0) is 21.9. The topological polar surface area (TPSA) is 84.0 Å². The second kappa shape index (κ2) is 9.33. The minimum atomic E-state index is -1.38. The van der Waals surface area contributed by atoms with E-state index in [2.05, 4.69) is 19.9 Å². The van der Waals surface area contributed by atoms with Crippen LogP contribution in [-0.2, 0) is 23.2 Å². The number of hydrogen-bond donors (Lipinski definition) is 1. The van der Waals surface area contributed by atoms with E-state index in [1.807, 2.05) is 10.8 Å². The highest BCUT2D eigenvalue weighted by Gasteiger charge is 2.20. The minimum absolute atomic E-state index is 0.165. The molecule has 1 fully saturated rings. The zero-order valence-corrected chi connectivity index (χ0v) is 18.9. The molecule has 1 saturated heterocycles. The van der Waals surface area contributed by atoms with Gasteiger partial charge in [-0.25, -0.2) is 19.3 Å². The van der Waals surface area contributed by atoms with Crippen molar-refractivity contribution in [2.75, 3.05) is 18.0 Å². The number of aromatic nitrogens is 4. The fourth-order valence-electron chi connectivity index (χ4n) is 3.66. The molecule has 0 amide bonds. The van der Waals surface area contributed by atoms with Crippen LogP contribution >= 0.6 is 11.3 Å². The van der Waals surface area contributed by atoms with Gasteiger partial charge in [-0.3, -0.25) is 4.21 Å². The molecular formula is C22H22FN5O2S2. The molecular weight excluding hydrogens is 449 g/mol. The van der Waals surface area contributed by atoms with Crippen LogP contribution in [0.5, 0.6) is 5.75 Å². The SMILES string of the molecule is O=S(Cc1ncc(OCc2ccc(F)cc2)c(N2CCCCC2)n1)c1nc2cscc2[nH]1. The summed E-state index contributed by atoms with van der Waals surface area (Å²) in [5.41, 5.74) is 2.56. The molecule has 0 radical (unpaired) electrons.